The van der Waals surface area contributed by atoms with Crippen molar-refractivity contribution in [1.29, 1.82) is 0 Å². The lowest BCUT2D eigenvalue weighted by molar-refractivity contribution is 0.258. The summed E-state index contributed by atoms with van der Waals surface area (Å²) in [7, 11) is -11.0. The molecule has 9 aromatic carbocycles. The van der Waals surface area contributed by atoms with Gasteiger partial charge in [0, 0.05) is 24.1 Å². The third-order valence-electron chi connectivity index (χ3n) is 24.4. The first-order chi connectivity index (χ1) is 68.1. The van der Waals surface area contributed by atoms with Crippen LogP contribution < -0.4 is 59.1 Å². The Labute approximate surface area is 878 Å². The van der Waals surface area contributed by atoms with Crippen molar-refractivity contribution in [3.63, 3.8) is 0 Å². The summed E-state index contributed by atoms with van der Waals surface area (Å²) in [5.74, 6) is -1.37. The quantitative estimate of drug-likeness (QED) is 0.0182. The molecular formula is C109H128F4N14O12S8. The first-order valence-corrected chi connectivity index (χ1v) is 55.0. The van der Waals surface area contributed by atoms with E-state index in [1.54, 1.807) is 119 Å². The number of ether oxygens (including phenoxy) is 4. The number of halogens is 4. The summed E-state index contributed by atoms with van der Waals surface area (Å²) in [4.78, 5) is 30.4. The molecule has 0 radical (unpaired) electrons. The normalized spacial score (nSPS) is 12.4. The van der Waals surface area contributed by atoms with Gasteiger partial charge in [0.25, 0.3) is 40.1 Å². The van der Waals surface area contributed by atoms with Gasteiger partial charge in [-0.25, -0.2) is 71.2 Å². The second-order valence-electron chi connectivity index (χ2n) is 36.6. The number of aryl methyl sites for hydroxylation is 8. The van der Waals surface area contributed by atoms with Crippen LogP contribution in [0, 0.1) is 84.6 Å². The van der Waals surface area contributed by atoms with Gasteiger partial charge in [-0.3, -0.25) is 28.9 Å². The van der Waals surface area contributed by atoms with E-state index in [9.17, 15) is 51.2 Å². The van der Waals surface area contributed by atoms with Crippen LogP contribution in [0.4, 0.5) is 60.8 Å². The number of thiazole rings is 4. The molecule has 147 heavy (non-hydrogen) atoms. The van der Waals surface area contributed by atoms with Gasteiger partial charge in [-0.05, 0) is 300 Å². The number of para-hydroxylation sites is 4. The maximum Gasteiger partial charge on any atom is 0.265 e. The second kappa shape index (κ2) is 48.3. The standard InChI is InChI=1S/C27H34FN3O3S2.C27H28FN3O3S2.2C26H27FN4O3S2.3CH4/c2*1-17-10-9-13-21(28)24(17)31-36(32,33)23-16-19(14-15-22(23)34-5)25-18(2)29-26(35-25)30-27(3,4)20-11-7-6-8-12-20;1-16-8-6-10-20(27)23(16)31-36(32,33)22-14-18(11-12-21(22)34-5)24-17(2)29-25(35-24)30-26(3,4)19-9-7-13-28-15-19;1-16-9-8-10-19(27)23(16)31-36(32,33)21-15-18(12-13-20(21)34-5)24-17(2)29-25(35-24)30-26(3,4)22-11-6-7-14-28-22;;;/h9-10,13-16,20,31H,6-8,11-12H2,1-5H3,(H,29,30);6-16,31H,1-5H3,(H,29,30);2*6-15,31H,1-5H3,(H,29,30);3*1H4. The van der Waals surface area contributed by atoms with Crippen molar-refractivity contribution in [3.05, 3.63) is 310 Å². The van der Waals surface area contributed by atoms with Crippen molar-refractivity contribution in [2.75, 3.05) is 68.6 Å². The molecule has 6 aromatic heterocycles. The van der Waals surface area contributed by atoms with Gasteiger partial charge in [0.05, 0.1) is 116 Å². The molecule has 16 rings (SSSR count). The molecule has 8 N–H and O–H groups in total. The number of pyridine rings is 2. The molecule has 1 aliphatic carbocycles. The number of methoxy groups -OCH3 is 4. The summed E-state index contributed by atoms with van der Waals surface area (Å²) in [6, 6.07) is 56.9. The van der Waals surface area contributed by atoms with Crippen LogP contribution in [-0.4, -0.2) is 97.6 Å². The Balaban J connectivity index is 0.000000199. The molecular weight excluding hydrogens is 2030 g/mol. The molecule has 6 heterocycles. The molecule has 0 spiro atoms. The van der Waals surface area contributed by atoms with Crippen LogP contribution in [0.5, 0.6) is 23.0 Å². The van der Waals surface area contributed by atoms with Crippen LogP contribution in [0.25, 0.3) is 41.8 Å². The topological polar surface area (TPSA) is 347 Å². The Morgan fingerprint density at radius 1 is 0.327 bits per heavy atom. The van der Waals surface area contributed by atoms with E-state index in [1.807, 2.05) is 110 Å². The number of sulfonamides is 4. The summed E-state index contributed by atoms with van der Waals surface area (Å²) in [6.07, 6.45) is 11.5. The molecule has 1 fully saturated rings. The number of nitrogens with one attached hydrogen (secondary N) is 8. The number of hydrogen-bond donors (Lipinski definition) is 8. The van der Waals surface area contributed by atoms with Crippen LogP contribution in [0.3, 0.4) is 0 Å². The molecule has 0 unspecified atom stereocenters. The second-order valence-corrected chi connectivity index (χ2v) is 47.2. The van der Waals surface area contributed by atoms with Gasteiger partial charge in [-0.15, -0.1) is 0 Å². The molecule has 1 saturated carbocycles. The van der Waals surface area contributed by atoms with Crippen molar-refractivity contribution in [2.24, 2.45) is 5.92 Å². The van der Waals surface area contributed by atoms with E-state index < -0.39 is 74.4 Å². The van der Waals surface area contributed by atoms with Crippen molar-refractivity contribution >= 4 is 129 Å². The van der Waals surface area contributed by atoms with E-state index in [0.717, 1.165) is 69.4 Å². The van der Waals surface area contributed by atoms with Gasteiger partial charge in [0.15, 0.2) is 20.5 Å². The highest BCUT2D eigenvalue weighted by Crippen LogP contribution is 2.47. The predicted octanol–water partition coefficient (Wildman–Crippen LogP) is 28.0. The van der Waals surface area contributed by atoms with E-state index in [4.69, 9.17) is 23.9 Å². The monoisotopic (exact) mass is 2160 g/mol. The van der Waals surface area contributed by atoms with Crippen LogP contribution in [-0.2, 0) is 56.7 Å². The SMILES string of the molecule is C.C.C.COc1ccc(-c2sc(NC(C)(C)C3CCCCC3)nc2C)cc1S(=O)(=O)Nc1c(C)cccc1F.COc1ccc(-c2sc(NC(C)(C)c3ccccc3)nc2C)cc1S(=O)(=O)Nc1c(C)cccc1F.COc1ccc(-c2sc(NC(C)(C)c3ccccn3)nc2C)cc1S(=O)(=O)Nc1c(C)cccc1F.COc1ccc(-c2sc(NC(C)(C)c3cccnc3)nc2C)cc1S(=O)(=O)Nc1c(C)cccc1F. The molecule has 0 saturated heterocycles. The fourth-order valence-electron chi connectivity index (χ4n) is 16.3. The van der Waals surface area contributed by atoms with Crippen molar-refractivity contribution in [3.8, 4) is 64.8 Å². The van der Waals surface area contributed by atoms with Gasteiger partial charge in [-0.1, -0.05) is 178 Å². The summed E-state index contributed by atoms with van der Waals surface area (Å²) in [6.45, 7) is 30.8. The number of benzene rings is 9. The van der Waals surface area contributed by atoms with Crippen LogP contribution in [0.2, 0.25) is 0 Å². The maximum atomic E-state index is 14.4. The lowest BCUT2D eigenvalue weighted by Gasteiger charge is -2.37. The average Bonchev–Trinajstić information content (AvgIpc) is 1.74. The zero-order chi connectivity index (χ0) is 104. The highest BCUT2D eigenvalue weighted by molar-refractivity contribution is 7.93. The minimum Gasteiger partial charge on any atom is -0.495 e. The lowest BCUT2D eigenvalue weighted by Crippen LogP contribution is -2.40. The summed E-state index contributed by atoms with van der Waals surface area (Å²) >= 11 is 5.77. The molecule has 782 valence electrons. The fraction of sp³-hybridized carbons (Fsp3) is 0.303. The molecule has 38 heteroatoms. The largest absolute Gasteiger partial charge is 0.495 e. The van der Waals surface area contributed by atoms with Gasteiger partial charge < -0.3 is 40.2 Å². The first kappa shape index (κ1) is 116. The van der Waals surface area contributed by atoms with Crippen LogP contribution in [0.1, 0.15) is 172 Å². The Bertz CT molecular complexity index is 7020. The molecule has 1 aliphatic rings. The van der Waals surface area contributed by atoms with Gasteiger partial charge in [-0.2, -0.15) is 0 Å². The summed E-state index contributed by atoms with van der Waals surface area (Å²) < 4.78 is 195. The molecule has 0 aliphatic heterocycles. The lowest BCUT2D eigenvalue weighted by atomic mass is 9.77. The minimum atomic E-state index is -4.16. The Morgan fingerprint density at radius 3 is 0.905 bits per heavy atom. The number of hydrogen-bond acceptors (Lipinski definition) is 26. The minimum absolute atomic E-state index is 0. The van der Waals surface area contributed by atoms with E-state index in [-0.39, 0.29) is 98.7 Å². The van der Waals surface area contributed by atoms with Crippen molar-refractivity contribution in [2.45, 2.75) is 207 Å². The van der Waals surface area contributed by atoms with Crippen molar-refractivity contribution < 1.29 is 70.2 Å². The fourth-order valence-corrected chi connectivity index (χ4v) is 26.1. The van der Waals surface area contributed by atoms with E-state index >= 15 is 0 Å². The van der Waals surface area contributed by atoms with E-state index in [2.05, 4.69) is 105 Å². The highest BCUT2D eigenvalue weighted by atomic mass is 32.2. The van der Waals surface area contributed by atoms with Gasteiger partial charge in [0.1, 0.15) is 65.8 Å². The molecule has 15 aromatic rings. The van der Waals surface area contributed by atoms with E-state index in [0.29, 0.717) is 60.7 Å². The highest BCUT2D eigenvalue weighted by Gasteiger charge is 2.36. The summed E-state index contributed by atoms with van der Waals surface area (Å²) in [5, 5.41) is 16.9. The Hall–Kier alpha value is -13.1. The Kier molecular flexibility index (Phi) is 38.0. The molecule has 0 atom stereocenters. The predicted molar refractivity (Wildman–Crippen MR) is 592 cm³/mol. The third kappa shape index (κ3) is 27.7. The summed E-state index contributed by atoms with van der Waals surface area (Å²) in [5.41, 5.74) is 8.95. The van der Waals surface area contributed by atoms with Crippen LogP contribution in [0.15, 0.2) is 244 Å². The third-order valence-corrected chi connectivity index (χ3v) is 34.3. The zero-order valence-corrected chi connectivity index (χ0v) is 89.9. The smallest absolute Gasteiger partial charge is 0.265 e. The number of rotatable bonds is 32. The first-order valence-electron chi connectivity index (χ1n) is 45.8. The van der Waals surface area contributed by atoms with Crippen molar-refractivity contribution in [1.82, 2.24) is 29.9 Å². The molecule has 26 nitrogen and oxygen atoms in total. The number of aromatic nitrogens is 6. The number of anilines is 8. The van der Waals surface area contributed by atoms with E-state index in [1.165, 1.54) is 173 Å². The average molecular weight is 2160 g/mol. The number of nitrogens with zero attached hydrogens (tertiary/aromatic N) is 6. The Morgan fingerprint density at radius 2 is 0.619 bits per heavy atom. The van der Waals surface area contributed by atoms with Crippen LogP contribution >= 0.6 is 45.3 Å². The maximum absolute atomic E-state index is 14.4. The van der Waals surface area contributed by atoms with Gasteiger partial charge >= 0.3 is 0 Å². The van der Waals surface area contributed by atoms with Gasteiger partial charge in [0.2, 0.25) is 0 Å². The zero-order valence-electron chi connectivity index (χ0n) is 83.3. The molecule has 0 amide bonds. The molecule has 0 bridgehead atoms.